The first-order valence-corrected chi connectivity index (χ1v) is 20.5. The van der Waals surface area contributed by atoms with Gasteiger partial charge in [-0.3, -0.25) is 19.2 Å². The number of carboxylic acid groups (broad SMARTS) is 4. The molecule has 340 valence electrons. The van der Waals surface area contributed by atoms with Gasteiger partial charge in [0.2, 0.25) is 0 Å². The van der Waals surface area contributed by atoms with Gasteiger partial charge < -0.3 is 59.8 Å². The quantitative estimate of drug-likeness (QED) is 0.0337. The molecule has 0 aliphatic carbocycles. The molecule has 0 bridgehead atoms. The van der Waals surface area contributed by atoms with Gasteiger partial charge in [-0.1, -0.05) is 105 Å². The number of hydrogen-bond acceptors (Lipinski definition) is 12. The maximum absolute atomic E-state index is 10.0. The molecule has 0 aromatic rings. The largest absolute Gasteiger partial charge is 0.481 e. The predicted molar refractivity (Wildman–Crippen MR) is 217 cm³/mol. The fourth-order valence-corrected chi connectivity index (χ4v) is 3.71. The Morgan fingerprint density at radius 2 is 0.482 bits per heavy atom. The molecule has 0 amide bonds. The van der Waals surface area contributed by atoms with E-state index in [1.54, 1.807) is 0 Å². The van der Waals surface area contributed by atoms with Gasteiger partial charge in [-0.05, 0) is 25.7 Å². The van der Waals surface area contributed by atoms with Crippen molar-refractivity contribution >= 4 is 23.9 Å². The molecule has 0 fully saturated rings. The average molecular weight is 821 g/mol. The Hall–Kier alpha value is -2.44. The van der Waals surface area contributed by atoms with Gasteiger partial charge in [0.05, 0.1) is 79.3 Å². The number of carbonyl (C=O) groups is 4. The van der Waals surface area contributed by atoms with E-state index in [-0.39, 0.29) is 26.4 Å². The highest BCUT2D eigenvalue weighted by molar-refractivity contribution is 5.67. The van der Waals surface area contributed by atoms with E-state index in [4.69, 9.17) is 59.8 Å². The Balaban J connectivity index is -0.000000134. The summed E-state index contributed by atoms with van der Waals surface area (Å²) < 4.78 is 19.5. The summed E-state index contributed by atoms with van der Waals surface area (Å²) in [5.74, 6) is -2.70. The van der Waals surface area contributed by atoms with Crippen molar-refractivity contribution in [3.8, 4) is 0 Å². The molecule has 0 unspecified atom stereocenters. The fourth-order valence-electron chi connectivity index (χ4n) is 3.71. The van der Waals surface area contributed by atoms with E-state index in [2.05, 4.69) is 27.7 Å². The van der Waals surface area contributed by atoms with Crippen LogP contribution in [0.25, 0.3) is 0 Å². The first kappa shape index (κ1) is 65.4. The van der Waals surface area contributed by atoms with Gasteiger partial charge in [0.1, 0.15) is 0 Å². The van der Waals surface area contributed by atoms with E-state index >= 15 is 0 Å². The fraction of sp³-hybridized carbons (Fsp3) is 0.900. The lowest BCUT2D eigenvalue weighted by Crippen LogP contribution is -2.09. The van der Waals surface area contributed by atoms with Crippen molar-refractivity contribution in [2.45, 2.75) is 156 Å². The van der Waals surface area contributed by atoms with Crippen LogP contribution in [-0.2, 0) is 38.1 Å². The zero-order valence-electron chi connectivity index (χ0n) is 35.5. The van der Waals surface area contributed by atoms with Crippen LogP contribution in [0.5, 0.6) is 0 Å². The molecule has 16 nitrogen and oxygen atoms in total. The zero-order chi connectivity index (χ0) is 43.8. The van der Waals surface area contributed by atoms with Gasteiger partial charge in [-0.2, -0.15) is 0 Å². The minimum atomic E-state index is -0.682. The molecular weight excluding hydrogens is 736 g/mol. The Morgan fingerprint density at radius 3 is 0.661 bits per heavy atom. The lowest BCUT2D eigenvalue weighted by Gasteiger charge is -2.01. The Morgan fingerprint density at radius 1 is 0.304 bits per heavy atom. The lowest BCUT2D eigenvalue weighted by atomic mass is 10.1. The first-order chi connectivity index (χ1) is 26.9. The lowest BCUT2D eigenvalue weighted by molar-refractivity contribution is -0.138. The smallest absolute Gasteiger partial charge is 0.303 e. The van der Waals surface area contributed by atoms with Crippen molar-refractivity contribution in [3.63, 3.8) is 0 Å². The standard InChI is InChI=1S/2C8H16O2.2C6H14O4.2C6H12O2/c2*1-2-3-4-5-6-7-8(9)10;2*7-1-3-9-5-6-10-4-2-8;2*1-2-3-4-5-6(7)8/h2*2-7H2,1H3,(H,9,10);2*7-8H,1-6H2;2*2-5H2,1H3,(H,7,8). The Bertz CT molecular complexity index is 665. The molecule has 0 saturated heterocycles. The van der Waals surface area contributed by atoms with Crippen LogP contribution < -0.4 is 0 Å². The molecule has 0 heterocycles. The van der Waals surface area contributed by atoms with Crippen LogP contribution in [0.4, 0.5) is 0 Å². The maximum Gasteiger partial charge on any atom is 0.303 e. The maximum atomic E-state index is 10.0. The number of carboxylic acids is 4. The van der Waals surface area contributed by atoms with Gasteiger partial charge in [0.25, 0.3) is 0 Å². The Kier molecular flexibility index (Phi) is 78.6. The van der Waals surface area contributed by atoms with Gasteiger partial charge >= 0.3 is 23.9 Å². The van der Waals surface area contributed by atoms with E-state index in [9.17, 15) is 19.2 Å². The molecule has 0 saturated carbocycles. The van der Waals surface area contributed by atoms with Gasteiger partial charge in [0.15, 0.2) is 0 Å². The monoisotopic (exact) mass is 821 g/mol. The van der Waals surface area contributed by atoms with Gasteiger partial charge in [0, 0.05) is 25.7 Å². The number of aliphatic carboxylic acids is 4. The summed E-state index contributed by atoms with van der Waals surface area (Å²) in [6, 6.07) is 0. The van der Waals surface area contributed by atoms with E-state index in [1.807, 2.05) is 0 Å². The Labute approximate surface area is 337 Å². The van der Waals surface area contributed by atoms with Crippen LogP contribution in [0, 0.1) is 0 Å². The van der Waals surface area contributed by atoms with Crippen LogP contribution in [-0.4, -0.2) is 144 Å². The predicted octanol–water partition coefficient (Wildman–Crippen LogP) is 6.17. The summed E-state index contributed by atoms with van der Waals surface area (Å²) in [6.07, 6.45) is 18.3. The molecule has 0 rings (SSSR count). The normalized spacial score (nSPS) is 9.71. The molecule has 0 aromatic heterocycles. The number of hydrogen-bond donors (Lipinski definition) is 8. The second kappa shape index (κ2) is 67.3. The average Bonchev–Trinajstić information content (AvgIpc) is 3.15. The molecule has 0 aliphatic heterocycles. The summed E-state index contributed by atoms with van der Waals surface area (Å²) in [7, 11) is 0. The van der Waals surface area contributed by atoms with Crippen LogP contribution in [0.3, 0.4) is 0 Å². The zero-order valence-corrected chi connectivity index (χ0v) is 35.5. The number of rotatable bonds is 34. The van der Waals surface area contributed by atoms with Crippen molar-refractivity contribution in [3.05, 3.63) is 0 Å². The van der Waals surface area contributed by atoms with Crippen LogP contribution >= 0.6 is 0 Å². The van der Waals surface area contributed by atoms with Crippen LogP contribution in [0.2, 0.25) is 0 Å². The second-order valence-corrected chi connectivity index (χ2v) is 12.2. The summed E-state index contributed by atoms with van der Waals surface area (Å²) in [4.78, 5) is 39.8. The third kappa shape index (κ3) is 104. The summed E-state index contributed by atoms with van der Waals surface area (Å²) in [5.41, 5.74) is 0. The number of ether oxygens (including phenoxy) is 4. The first-order valence-electron chi connectivity index (χ1n) is 20.5. The third-order valence-corrected chi connectivity index (χ3v) is 6.66. The highest BCUT2D eigenvalue weighted by atomic mass is 16.5. The molecule has 0 aromatic carbocycles. The van der Waals surface area contributed by atoms with E-state index in [0.29, 0.717) is 78.5 Å². The van der Waals surface area contributed by atoms with Gasteiger partial charge in [-0.25, -0.2) is 0 Å². The van der Waals surface area contributed by atoms with Crippen molar-refractivity contribution in [2.75, 3.05) is 79.3 Å². The minimum Gasteiger partial charge on any atom is -0.481 e. The van der Waals surface area contributed by atoms with E-state index in [1.165, 1.54) is 38.5 Å². The third-order valence-electron chi connectivity index (χ3n) is 6.66. The second-order valence-electron chi connectivity index (χ2n) is 12.2. The highest BCUT2D eigenvalue weighted by Crippen LogP contribution is 2.05. The van der Waals surface area contributed by atoms with Crippen molar-refractivity contribution < 1.29 is 79.0 Å². The topological polar surface area (TPSA) is 267 Å². The van der Waals surface area contributed by atoms with Crippen molar-refractivity contribution in [1.82, 2.24) is 0 Å². The summed E-state index contributed by atoms with van der Waals surface area (Å²) in [6.45, 7) is 11.9. The summed E-state index contributed by atoms with van der Waals surface area (Å²) in [5, 5.41) is 65.9. The molecular formula is C40H84O16. The molecule has 0 radical (unpaired) electrons. The van der Waals surface area contributed by atoms with E-state index < -0.39 is 23.9 Å². The van der Waals surface area contributed by atoms with Crippen molar-refractivity contribution in [2.24, 2.45) is 0 Å². The molecule has 0 aliphatic rings. The number of unbranched alkanes of at least 4 members (excludes halogenated alkanes) is 12. The molecule has 56 heavy (non-hydrogen) atoms. The van der Waals surface area contributed by atoms with Crippen LogP contribution in [0.1, 0.15) is 156 Å². The molecule has 0 atom stereocenters. The molecule has 16 heteroatoms. The summed E-state index contributed by atoms with van der Waals surface area (Å²) >= 11 is 0. The number of aliphatic hydroxyl groups excluding tert-OH is 4. The molecule has 8 N–H and O–H groups in total. The molecule has 0 spiro atoms. The van der Waals surface area contributed by atoms with Crippen LogP contribution in [0.15, 0.2) is 0 Å². The number of aliphatic hydroxyl groups is 4. The minimum absolute atomic E-state index is 0.0417. The van der Waals surface area contributed by atoms with Crippen molar-refractivity contribution in [1.29, 1.82) is 0 Å². The highest BCUT2D eigenvalue weighted by Gasteiger charge is 1.96. The van der Waals surface area contributed by atoms with Gasteiger partial charge in [-0.15, -0.1) is 0 Å². The van der Waals surface area contributed by atoms with E-state index in [0.717, 1.165) is 64.2 Å². The SMILES string of the molecule is CCCCCC(=O)O.CCCCCC(=O)O.CCCCCCCC(=O)O.CCCCCCCC(=O)O.OCCOCCOCCO.OCCOCCOCCO.